The van der Waals surface area contributed by atoms with Crippen molar-refractivity contribution >= 4 is 23.5 Å². The molecule has 5 rings (SSSR count). The molecule has 0 aromatic heterocycles. The van der Waals surface area contributed by atoms with Crippen molar-refractivity contribution in [1.29, 1.82) is 0 Å². The molecule has 1 saturated heterocycles. The van der Waals surface area contributed by atoms with E-state index in [1.54, 1.807) is 48.5 Å². The number of methoxy groups -OCH3 is 1. The maximum atomic E-state index is 12.9. The zero-order valence-corrected chi connectivity index (χ0v) is 16.0. The Hall–Kier alpha value is -3.15. The molecule has 0 spiro atoms. The molecule has 0 radical (unpaired) electrons. The Labute approximate surface area is 168 Å². The molecule has 2 bridgehead atoms. The van der Waals surface area contributed by atoms with Crippen LogP contribution in [0.1, 0.15) is 29.6 Å². The summed E-state index contributed by atoms with van der Waals surface area (Å²) >= 11 is 0. The molecule has 29 heavy (non-hydrogen) atoms. The number of carbonyl (C=O) groups is 3. The molecule has 6 nitrogen and oxygen atoms in total. The predicted octanol–water partition coefficient (Wildman–Crippen LogP) is 3.45. The first-order chi connectivity index (χ1) is 14.1. The predicted molar refractivity (Wildman–Crippen MR) is 105 cm³/mol. The van der Waals surface area contributed by atoms with Crippen molar-refractivity contribution in [2.75, 3.05) is 12.0 Å². The highest BCUT2D eigenvalue weighted by Gasteiger charge is 2.61. The number of fused-ring (bicyclic) bond motifs is 5. The zero-order valence-electron chi connectivity index (χ0n) is 16.0. The van der Waals surface area contributed by atoms with Crippen molar-refractivity contribution in [3.05, 3.63) is 54.1 Å². The molecular formula is C23H21NO5. The second-order valence-electron chi connectivity index (χ2n) is 8.01. The molecule has 2 saturated carbocycles. The monoisotopic (exact) mass is 391 g/mol. The summed E-state index contributed by atoms with van der Waals surface area (Å²) in [6.07, 6.45) is 3.12. The standard InChI is InChI=1S/C23H21NO5/c1-28-18-4-2-3-15(12-18)23(27)29-17-9-7-16(8-10-17)24-21(25)19-13-5-6-14(11-13)20(19)22(24)26/h2-4,7-10,12-14,19-20H,5-6,11H2,1H3/t13-,14-,19-,20-/m0/s1. The normalized spacial score (nSPS) is 27.3. The lowest BCUT2D eigenvalue weighted by Gasteiger charge is -2.19. The molecule has 4 atom stereocenters. The number of nitrogens with zero attached hydrogens (tertiary/aromatic N) is 1. The summed E-state index contributed by atoms with van der Waals surface area (Å²) in [4.78, 5) is 39.5. The number of amides is 2. The van der Waals surface area contributed by atoms with Gasteiger partial charge < -0.3 is 9.47 Å². The van der Waals surface area contributed by atoms with Gasteiger partial charge in [-0.3, -0.25) is 14.5 Å². The zero-order chi connectivity index (χ0) is 20.1. The van der Waals surface area contributed by atoms with E-state index >= 15 is 0 Å². The molecule has 148 valence electrons. The first-order valence-corrected chi connectivity index (χ1v) is 9.91. The summed E-state index contributed by atoms with van der Waals surface area (Å²) in [5, 5.41) is 0. The number of benzene rings is 2. The number of anilines is 1. The van der Waals surface area contributed by atoms with Gasteiger partial charge in [0.25, 0.3) is 0 Å². The molecule has 0 N–H and O–H groups in total. The van der Waals surface area contributed by atoms with Crippen LogP contribution in [0.15, 0.2) is 48.5 Å². The van der Waals surface area contributed by atoms with Crippen LogP contribution in [0.2, 0.25) is 0 Å². The van der Waals surface area contributed by atoms with Crippen LogP contribution in [0.4, 0.5) is 5.69 Å². The Morgan fingerprint density at radius 2 is 1.59 bits per heavy atom. The Morgan fingerprint density at radius 3 is 2.21 bits per heavy atom. The van der Waals surface area contributed by atoms with E-state index in [0.29, 0.717) is 34.6 Å². The number of hydrogen-bond acceptors (Lipinski definition) is 5. The van der Waals surface area contributed by atoms with Gasteiger partial charge in [-0.25, -0.2) is 4.79 Å². The first kappa shape index (κ1) is 17.9. The summed E-state index contributed by atoms with van der Waals surface area (Å²) < 4.78 is 10.5. The summed E-state index contributed by atoms with van der Waals surface area (Å²) in [5.74, 6) is 0.682. The van der Waals surface area contributed by atoms with E-state index in [1.807, 2.05) is 0 Å². The highest BCUT2D eigenvalue weighted by molar-refractivity contribution is 6.22. The van der Waals surface area contributed by atoms with Crippen LogP contribution in [0.5, 0.6) is 11.5 Å². The fourth-order valence-corrected chi connectivity index (χ4v) is 5.24. The summed E-state index contributed by atoms with van der Waals surface area (Å²) in [6, 6.07) is 13.2. The molecule has 2 aliphatic carbocycles. The molecule has 6 heteroatoms. The fourth-order valence-electron chi connectivity index (χ4n) is 5.24. The van der Waals surface area contributed by atoms with Crippen molar-refractivity contribution in [2.45, 2.75) is 19.3 Å². The van der Waals surface area contributed by atoms with Crippen molar-refractivity contribution in [1.82, 2.24) is 0 Å². The van der Waals surface area contributed by atoms with Gasteiger partial charge in [-0.2, -0.15) is 0 Å². The third-order valence-electron chi connectivity index (χ3n) is 6.54. The van der Waals surface area contributed by atoms with E-state index in [4.69, 9.17) is 9.47 Å². The molecule has 2 amide bonds. The van der Waals surface area contributed by atoms with E-state index in [1.165, 1.54) is 12.0 Å². The number of ether oxygens (including phenoxy) is 2. The molecule has 1 heterocycles. The van der Waals surface area contributed by atoms with Crippen molar-refractivity contribution in [3.63, 3.8) is 0 Å². The van der Waals surface area contributed by atoms with Gasteiger partial charge >= 0.3 is 5.97 Å². The topological polar surface area (TPSA) is 72.9 Å². The lowest BCUT2D eigenvalue weighted by atomic mass is 9.81. The first-order valence-electron chi connectivity index (χ1n) is 9.91. The third-order valence-corrected chi connectivity index (χ3v) is 6.54. The van der Waals surface area contributed by atoms with Crippen molar-refractivity contribution < 1.29 is 23.9 Å². The Kier molecular flexibility index (Phi) is 4.15. The van der Waals surface area contributed by atoms with Gasteiger partial charge in [-0.15, -0.1) is 0 Å². The van der Waals surface area contributed by atoms with Gasteiger partial charge in [0.05, 0.1) is 30.2 Å². The van der Waals surface area contributed by atoms with Gasteiger partial charge in [0.1, 0.15) is 11.5 Å². The van der Waals surface area contributed by atoms with Crippen LogP contribution in [-0.4, -0.2) is 24.9 Å². The SMILES string of the molecule is COc1cccc(C(=O)Oc2ccc(N3C(=O)[C@H]4[C@H]5CC[C@@H](C5)[C@@H]4C3=O)cc2)c1. The maximum Gasteiger partial charge on any atom is 0.343 e. The minimum Gasteiger partial charge on any atom is -0.497 e. The van der Waals surface area contributed by atoms with Gasteiger partial charge in [0, 0.05) is 0 Å². The minimum atomic E-state index is -0.504. The molecule has 1 aliphatic heterocycles. The number of hydrogen-bond donors (Lipinski definition) is 0. The number of esters is 1. The number of carbonyl (C=O) groups excluding carboxylic acids is 3. The Balaban J connectivity index is 1.32. The second-order valence-corrected chi connectivity index (χ2v) is 8.01. The lowest BCUT2D eigenvalue weighted by molar-refractivity contribution is -0.123. The maximum absolute atomic E-state index is 12.9. The minimum absolute atomic E-state index is 0.0756. The number of imide groups is 1. The lowest BCUT2D eigenvalue weighted by Crippen LogP contribution is -2.32. The molecule has 3 fully saturated rings. The van der Waals surface area contributed by atoms with Gasteiger partial charge in [-0.05, 0) is 73.6 Å². The van der Waals surface area contributed by atoms with Crippen LogP contribution in [0.3, 0.4) is 0 Å². The average molecular weight is 391 g/mol. The summed E-state index contributed by atoms with van der Waals surface area (Å²) in [7, 11) is 1.53. The van der Waals surface area contributed by atoms with E-state index in [2.05, 4.69) is 0 Å². The summed E-state index contributed by atoms with van der Waals surface area (Å²) in [5.41, 5.74) is 0.914. The van der Waals surface area contributed by atoms with E-state index < -0.39 is 5.97 Å². The van der Waals surface area contributed by atoms with Gasteiger partial charge in [0.2, 0.25) is 11.8 Å². The number of rotatable bonds is 4. The molecule has 2 aromatic rings. The summed E-state index contributed by atoms with van der Waals surface area (Å²) in [6.45, 7) is 0. The Bertz CT molecular complexity index is 971. The Morgan fingerprint density at radius 1 is 0.931 bits per heavy atom. The van der Waals surface area contributed by atoms with E-state index in [-0.39, 0.29) is 23.7 Å². The molecule has 3 aliphatic rings. The van der Waals surface area contributed by atoms with Crippen LogP contribution >= 0.6 is 0 Å². The van der Waals surface area contributed by atoms with Gasteiger partial charge in [-0.1, -0.05) is 6.07 Å². The average Bonchev–Trinajstić information content (AvgIpc) is 3.43. The van der Waals surface area contributed by atoms with Crippen LogP contribution in [-0.2, 0) is 9.59 Å². The highest BCUT2D eigenvalue weighted by atomic mass is 16.5. The van der Waals surface area contributed by atoms with Crippen LogP contribution < -0.4 is 14.4 Å². The van der Waals surface area contributed by atoms with Crippen molar-refractivity contribution in [3.8, 4) is 11.5 Å². The van der Waals surface area contributed by atoms with Gasteiger partial charge in [0.15, 0.2) is 0 Å². The van der Waals surface area contributed by atoms with Crippen LogP contribution in [0.25, 0.3) is 0 Å². The molecule has 2 aromatic carbocycles. The fraction of sp³-hybridized carbons (Fsp3) is 0.348. The van der Waals surface area contributed by atoms with Crippen molar-refractivity contribution in [2.24, 2.45) is 23.7 Å². The molecule has 0 unspecified atom stereocenters. The van der Waals surface area contributed by atoms with E-state index in [9.17, 15) is 14.4 Å². The molecular weight excluding hydrogens is 370 g/mol. The smallest absolute Gasteiger partial charge is 0.343 e. The van der Waals surface area contributed by atoms with E-state index in [0.717, 1.165) is 19.3 Å². The largest absolute Gasteiger partial charge is 0.497 e. The highest BCUT2D eigenvalue weighted by Crippen LogP contribution is 2.56. The van der Waals surface area contributed by atoms with Crippen LogP contribution in [0, 0.1) is 23.7 Å². The quantitative estimate of drug-likeness (QED) is 0.453. The second kappa shape index (κ2) is 6.72. The third kappa shape index (κ3) is 2.82.